The summed E-state index contributed by atoms with van der Waals surface area (Å²) < 4.78 is 0. The van der Waals surface area contributed by atoms with E-state index in [1.807, 2.05) is 0 Å². The lowest BCUT2D eigenvalue weighted by Gasteiger charge is -2.04. The van der Waals surface area contributed by atoms with Crippen LogP contribution in [0.25, 0.3) is 0 Å². The predicted molar refractivity (Wildman–Crippen MR) is 83.0 cm³/mol. The molecular formula is C15H21NO4S. The molecule has 0 aromatic carbocycles. The largest absolute Gasteiger partial charge is 0.478 e. The molecular weight excluding hydrogens is 290 g/mol. The van der Waals surface area contributed by atoms with Gasteiger partial charge >= 0.3 is 5.97 Å². The molecule has 116 valence electrons. The highest BCUT2D eigenvalue weighted by molar-refractivity contribution is 7.15. The van der Waals surface area contributed by atoms with Crippen LogP contribution >= 0.6 is 11.3 Å². The molecule has 2 N–H and O–H groups in total. The maximum Gasteiger partial charge on any atom is 0.338 e. The lowest BCUT2D eigenvalue weighted by Crippen LogP contribution is -2.17. The van der Waals surface area contributed by atoms with E-state index in [0.29, 0.717) is 17.0 Å². The van der Waals surface area contributed by atoms with Gasteiger partial charge in [0.05, 0.1) is 12.0 Å². The number of carboxylic acid groups (broad SMARTS) is 1. The minimum atomic E-state index is -1.07. The summed E-state index contributed by atoms with van der Waals surface area (Å²) in [4.78, 5) is 34.5. The number of unbranched alkanes of at least 4 members (excludes halogenated alkanes) is 3. The van der Waals surface area contributed by atoms with Gasteiger partial charge in [-0.05, 0) is 24.3 Å². The van der Waals surface area contributed by atoms with Gasteiger partial charge in [-0.2, -0.15) is 0 Å². The Morgan fingerprint density at radius 1 is 1.24 bits per heavy atom. The Bertz CT molecular complexity index is 522. The molecule has 1 rings (SSSR count). The Labute approximate surface area is 128 Å². The van der Waals surface area contributed by atoms with Gasteiger partial charge in [0.1, 0.15) is 10.8 Å². The SMILES string of the molecule is CCCCCCC(=O)CC(=O)Nc1scc(C)c1C(=O)O. The number of carboxylic acids is 1. The number of thiophene rings is 1. The summed E-state index contributed by atoms with van der Waals surface area (Å²) in [7, 11) is 0. The third kappa shape index (κ3) is 5.67. The van der Waals surface area contributed by atoms with Crippen LogP contribution in [0.5, 0.6) is 0 Å². The molecule has 1 aromatic rings. The van der Waals surface area contributed by atoms with Crippen LogP contribution in [0, 0.1) is 6.92 Å². The number of aromatic carboxylic acids is 1. The van der Waals surface area contributed by atoms with Crippen molar-refractivity contribution in [3.05, 3.63) is 16.5 Å². The first-order chi connectivity index (χ1) is 9.95. The highest BCUT2D eigenvalue weighted by Gasteiger charge is 2.18. The zero-order valence-electron chi connectivity index (χ0n) is 12.4. The van der Waals surface area contributed by atoms with E-state index in [1.54, 1.807) is 12.3 Å². The number of rotatable bonds is 9. The van der Waals surface area contributed by atoms with E-state index >= 15 is 0 Å². The van der Waals surface area contributed by atoms with Crippen molar-refractivity contribution in [3.8, 4) is 0 Å². The van der Waals surface area contributed by atoms with Crippen LogP contribution in [0.4, 0.5) is 5.00 Å². The molecule has 5 nitrogen and oxygen atoms in total. The van der Waals surface area contributed by atoms with E-state index in [9.17, 15) is 14.4 Å². The van der Waals surface area contributed by atoms with Crippen LogP contribution in [-0.4, -0.2) is 22.8 Å². The summed E-state index contributed by atoms with van der Waals surface area (Å²) in [6, 6.07) is 0. The van der Waals surface area contributed by atoms with E-state index in [2.05, 4.69) is 12.2 Å². The van der Waals surface area contributed by atoms with Crippen LogP contribution < -0.4 is 5.32 Å². The molecule has 0 unspecified atom stereocenters. The van der Waals surface area contributed by atoms with Gasteiger partial charge in [-0.15, -0.1) is 11.3 Å². The first-order valence-electron chi connectivity index (χ1n) is 7.08. The second kappa shape index (κ2) is 8.56. The van der Waals surface area contributed by atoms with Gasteiger partial charge < -0.3 is 10.4 Å². The van der Waals surface area contributed by atoms with Crippen molar-refractivity contribution in [2.45, 2.75) is 52.4 Å². The minimum absolute atomic E-state index is 0.101. The van der Waals surface area contributed by atoms with Crippen molar-refractivity contribution in [2.24, 2.45) is 0 Å². The number of hydrogen-bond donors (Lipinski definition) is 2. The predicted octanol–water partition coefficient (Wildman–Crippen LogP) is 3.62. The molecule has 21 heavy (non-hydrogen) atoms. The Hall–Kier alpha value is -1.69. The Morgan fingerprint density at radius 3 is 2.57 bits per heavy atom. The average Bonchev–Trinajstić information content (AvgIpc) is 2.75. The van der Waals surface area contributed by atoms with Crippen molar-refractivity contribution in [1.29, 1.82) is 0 Å². The standard InChI is InChI=1S/C15H21NO4S/c1-3-4-5-6-7-11(17)8-12(18)16-14-13(15(19)20)10(2)9-21-14/h9H,3-8H2,1-2H3,(H,16,18)(H,19,20). The molecule has 1 heterocycles. The summed E-state index contributed by atoms with van der Waals surface area (Å²) in [6.45, 7) is 3.77. The van der Waals surface area contributed by atoms with E-state index in [1.165, 1.54) is 0 Å². The van der Waals surface area contributed by atoms with Crippen LogP contribution in [0.2, 0.25) is 0 Å². The average molecular weight is 311 g/mol. The first kappa shape index (κ1) is 17.4. The molecule has 0 aliphatic carbocycles. The summed E-state index contributed by atoms with van der Waals surface area (Å²) in [5.74, 6) is -1.62. The molecule has 1 amide bonds. The molecule has 0 fully saturated rings. The second-order valence-corrected chi connectivity index (χ2v) is 5.88. The van der Waals surface area contributed by atoms with Gasteiger partial charge in [0.15, 0.2) is 0 Å². The molecule has 0 spiro atoms. The number of aryl methyl sites for hydroxylation is 1. The van der Waals surface area contributed by atoms with Gasteiger partial charge in [0.2, 0.25) is 5.91 Å². The fourth-order valence-electron chi connectivity index (χ4n) is 1.99. The molecule has 1 aromatic heterocycles. The molecule has 6 heteroatoms. The fourth-order valence-corrected chi connectivity index (χ4v) is 2.94. The van der Waals surface area contributed by atoms with Crippen molar-refractivity contribution in [1.82, 2.24) is 0 Å². The molecule has 0 aliphatic heterocycles. The Kier molecular flexibility index (Phi) is 7.08. The normalized spacial score (nSPS) is 10.4. The van der Waals surface area contributed by atoms with E-state index in [0.717, 1.165) is 37.0 Å². The summed E-state index contributed by atoms with van der Waals surface area (Å²) in [5.41, 5.74) is 0.706. The number of anilines is 1. The highest BCUT2D eigenvalue weighted by Crippen LogP contribution is 2.27. The number of hydrogen-bond acceptors (Lipinski definition) is 4. The van der Waals surface area contributed by atoms with Gasteiger partial charge in [0.25, 0.3) is 0 Å². The number of carbonyl (C=O) groups excluding carboxylic acids is 2. The highest BCUT2D eigenvalue weighted by atomic mass is 32.1. The smallest absolute Gasteiger partial charge is 0.338 e. The van der Waals surface area contributed by atoms with E-state index in [4.69, 9.17) is 5.11 Å². The Balaban J connectivity index is 2.47. The van der Waals surface area contributed by atoms with Crippen molar-refractivity contribution in [3.63, 3.8) is 0 Å². The topological polar surface area (TPSA) is 83.5 Å². The number of Topliss-reactive ketones (excluding diaryl/α,β-unsaturated/α-hetero) is 1. The van der Waals surface area contributed by atoms with Crippen LogP contribution in [0.1, 0.15) is 61.4 Å². The molecule has 0 atom stereocenters. The minimum Gasteiger partial charge on any atom is -0.478 e. The van der Waals surface area contributed by atoms with Crippen molar-refractivity contribution in [2.75, 3.05) is 5.32 Å². The maximum atomic E-state index is 11.8. The zero-order valence-corrected chi connectivity index (χ0v) is 13.2. The number of ketones is 1. The second-order valence-electron chi connectivity index (χ2n) is 5.00. The van der Waals surface area contributed by atoms with Crippen LogP contribution in [0.15, 0.2) is 5.38 Å². The third-order valence-corrected chi connectivity index (χ3v) is 4.12. The van der Waals surface area contributed by atoms with Crippen LogP contribution in [-0.2, 0) is 9.59 Å². The van der Waals surface area contributed by atoms with Gasteiger partial charge in [-0.1, -0.05) is 26.2 Å². The monoisotopic (exact) mass is 311 g/mol. The van der Waals surface area contributed by atoms with Gasteiger partial charge in [0, 0.05) is 6.42 Å². The quantitative estimate of drug-likeness (QED) is 0.539. The van der Waals surface area contributed by atoms with Crippen molar-refractivity contribution >= 4 is 34.0 Å². The number of amides is 1. The van der Waals surface area contributed by atoms with Gasteiger partial charge in [-0.25, -0.2) is 4.79 Å². The van der Waals surface area contributed by atoms with Crippen molar-refractivity contribution < 1.29 is 19.5 Å². The maximum absolute atomic E-state index is 11.8. The lowest BCUT2D eigenvalue weighted by atomic mass is 10.1. The molecule has 0 saturated carbocycles. The van der Waals surface area contributed by atoms with E-state index in [-0.39, 0.29) is 17.8 Å². The van der Waals surface area contributed by atoms with E-state index < -0.39 is 11.9 Å². The number of carbonyl (C=O) groups is 3. The molecule has 0 aliphatic rings. The Morgan fingerprint density at radius 2 is 1.95 bits per heavy atom. The first-order valence-corrected chi connectivity index (χ1v) is 7.96. The number of nitrogens with one attached hydrogen (secondary N) is 1. The lowest BCUT2D eigenvalue weighted by molar-refractivity contribution is -0.125. The summed E-state index contributed by atoms with van der Waals surface area (Å²) in [5, 5.41) is 13.6. The zero-order chi connectivity index (χ0) is 15.8. The third-order valence-electron chi connectivity index (χ3n) is 3.11. The van der Waals surface area contributed by atoms with Crippen LogP contribution in [0.3, 0.4) is 0 Å². The fraction of sp³-hybridized carbons (Fsp3) is 0.533. The molecule has 0 radical (unpaired) electrons. The summed E-state index contributed by atoms with van der Waals surface area (Å²) in [6.07, 6.45) is 4.21. The molecule has 0 saturated heterocycles. The summed E-state index contributed by atoms with van der Waals surface area (Å²) >= 11 is 1.16. The molecule has 0 bridgehead atoms. The van der Waals surface area contributed by atoms with Gasteiger partial charge in [-0.3, -0.25) is 9.59 Å².